The number of aliphatic hydroxyl groups is 1. The summed E-state index contributed by atoms with van der Waals surface area (Å²) >= 11 is 1.44. The Bertz CT molecular complexity index is 1150. The lowest BCUT2D eigenvalue weighted by atomic mass is 9.99. The van der Waals surface area contributed by atoms with Crippen LogP contribution in [-0.4, -0.2) is 42.0 Å². The number of hydrogen-bond donors (Lipinski definition) is 1. The van der Waals surface area contributed by atoms with Crippen LogP contribution in [0, 0.1) is 0 Å². The van der Waals surface area contributed by atoms with Crippen molar-refractivity contribution in [2.24, 2.45) is 0 Å². The van der Waals surface area contributed by atoms with Crippen molar-refractivity contribution in [3.8, 4) is 11.5 Å². The average Bonchev–Trinajstić information content (AvgIpc) is 3.47. The zero-order valence-electron chi connectivity index (χ0n) is 18.5. The zero-order chi connectivity index (χ0) is 23.4. The van der Waals surface area contributed by atoms with E-state index in [2.05, 4.69) is 0 Å². The molecule has 1 aromatic heterocycles. The maximum Gasteiger partial charge on any atom is 0.295 e. The Kier molecular flexibility index (Phi) is 6.79. The molecule has 1 N–H and O–H groups in total. The van der Waals surface area contributed by atoms with E-state index in [4.69, 9.17) is 9.47 Å². The minimum Gasteiger partial charge on any atom is -0.507 e. The Morgan fingerprint density at radius 1 is 1.03 bits per heavy atom. The molecule has 1 aliphatic heterocycles. The number of aryl methyl sites for hydroxylation is 1. The number of methoxy groups -OCH3 is 1. The summed E-state index contributed by atoms with van der Waals surface area (Å²) in [4.78, 5) is 28.2. The first kappa shape index (κ1) is 22.6. The summed E-state index contributed by atoms with van der Waals surface area (Å²) in [6.07, 6.45) is 0.870. The van der Waals surface area contributed by atoms with Crippen molar-refractivity contribution in [3.63, 3.8) is 0 Å². The van der Waals surface area contributed by atoms with Crippen LogP contribution in [-0.2, 0) is 16.0 Å². The second kappa shape index (κ2) is 9.92. The van der Waals surface area contributed by atoms with Gasteiger partial charge in [-0.25, -0.2) is 0 Å². The van der Waals surface area contributed by atoms with E-state index in [0.717, 1.165) is 22.6 Å². The van der Waals surface area contributed by atoms with Gasteiger partial charge in [0.15, 0.2) is 0 Å². The van der Waals surface area contributed by atoms with E-state index >= 15 is 0 Å². The van der Waals surface area contributed by atoms with Crippen molar-refractivity contribution < 1.29 is 24.2 Å². The molecule has 0 bridgehead atoms. The first-order valence-corrected chi connectivity index (χ1v) is 11.6. The van der Waals surface area contributed by atoms with Crippen LogP contribution in [0.25, 0.3) is 5.76 Å². The molecule has 7 heteroatoms. The van der Waals surface area contributed by atoms with Gasteiger partial charge in [-0.3, -0.25) is 9.59 Å². The van der Waals surface area contributed by atoms with Gasteiger partial charge in [0.05, 0.1) is 25.3 Å². The molecule has 1 saturated heterocycles. The highest BCUT2D eigenvalue weighted by molar-refractivity contribution is 7.10. The summed E-state index contributed by atoms with van der Waals surface area (Å²) in [5.41, 5.74) is 1.75. The Hall–Kier alpha value is -3.58. The molecule has 2 aromatic carbocycles. The molecule has 2 heterocycles. The smallest absolute Gasteiger partial charge is 0.295 e. The third kappa shape index (κ3) is 4.64. The van der Waals surface area contributed by atoms with Gasteiger partial charge < -0.3 is 19.5 Å². The molecule has 6 nitrogen and oxygen atoms in total. The fourth-order valence-corrected chi connectivity index (χ4v) is 4.69. The number of carbonyl (C=O) groups excluding carboxylic acids is 2. The summed E-state index contributed by atoms with van der Waals surface area (Å²) in [6, 6.07) is 17.6. The molecule has 0 radical (unpaired) electrons. The summed E-state index contributed by atoms with van der Waals surface area (Å²) in [5, 5.41) is 12.9. The molecule has 1 amide bonds. The summed E-state index contributed by atoms with van der Waals surface area (Å²) in [6.45, 7) is 2.45. The largest absolute Gasteiger partial charge is 0.507 e. The van der Waals surface area contributed by atoms with Crippen LogP contribution < -0.4 is 9.47 Å². The zero-order valence-corrected chi connectivity index (χ0v) is 19.3. The van der Waals surface area contributed by atoms with E-state index < -0.39 is 17.7 Å². The molecule has 1 fully saturated rings. The van der Waals surface area contributed by atoms with Crippen LogP contribution in [0.3, 0.4) is 0 Å². The van der Waals surface area contributed by atoms with Crippen LogP contribution in [0.15, 0.2) is 71.6 Å². The van der Waals surface area contributed by atoms with Crippen molar-refractivity contribution in [2.45, 2.75) is 19.4 Å². The number of ether oxygens (including phenoxy) is 2. The number of aliphatic hydroxyl groups excluding tert-OH is 1. The number of carbonyl (C=O) groups is 2. The number of Topliss-reactive ketones (excluding diaryl/α,β-unsaturated/α-hetero) is 1. The van der Waals surface area contributed by atoms with Crippen LogP contribution >= 0.6 is 11.3 Å². The molecule has 1 atom stereocenters. The van der Waals surface area contributed by atoms with Crippen molar-refractivity contribution in [3.05, 3.63) is 87.6 Å². The quantitative estimate of drug-likeness (QED) is 0.294. The summed E-state index contributed by atoms with van der Waals surface area (Å²) < 4.78 is 10.9. The van der Waals surface area contributed by atoms with Gasteiger partial charge in [-0.1, -0.05) is 37.3 Å². The van der Waals surface area contributed by atoms with Gasteiger partial charge in [0.1, 0.15) is 23.9 Å². The molecule has 0 spiro atoms. The van der Waals surface area contributed by atoms with Crippen molar-refractivity contribution in [1.82, 2.24) is 4.90 Å². The maximum atomic E-state index is 13.0. The van der Waals surface area contributed by atoms with E-state index in [1.165, 1.54) is 16.2 Å². The van der Waals surface area contributed by atoms with Crippen molar-refractivity contribution in [1.29, 1.82) is 0 Å². The highest BCUT2D eigenvalue weighted by Gasteiger charge is 2.46. The third-order valence-electron chi connectivity index (χ3n) is 5.65. The molecular formula is C26H25NO5S. The van der Waals surface area contributed by atoms with Gasteiger partial charge in [0.25, 0.3) is 11.7 Å². The minimum atomic E-state index is -0.685. The molecule has 1 unspecified atom stereocenters. The second-order valence-electron chi connectivity index (χ2n) is 7.58. The van der Waals surface area contributed by atoms with E-state index in [0.29, 0.717) is 11.3 Å². The first-order chi connectivity index (χ1) is 16.0. The highest BCUT2D eigenvalue weighted by Crippen LogP contribution is 2.40. The van der Waals surface area contributed by atoms with Crippen molar-refractivity contribution in [2.75, 3.05) is 20.3 Å². The van der Waals surface area contributed by atoms with Gasteiger partial charge in [-0.15, -0.1) is 11.3 Å². The molecule has 3 aromatic rings. The Morgan fingerprint density at radius 2 is 1.73 bits per heavy atom. The predicted molar refractivity (Wildman–Crippen MR) is 128 cm³/mol. The predicted octanol–water partition coefficient (Wildman–Crippen LogP) is 4.82. The Balaban J connectivity index is 1.61. The fourth-order valence-electron chi connectivity index (χ4n) is 3.84. The van der Waals surface area contributed by atoms with Crippen molar-refractivity contribution >= 4 is 28.8 Å². The molecular weight excluding hydrogens is 438 g/mol. The van der Waals surface area contributed by atoms with Gasteiger partial charge in [-0.2, -0.15) is 0 Å². The topological polar surface area (TPSA) is 76.1 Å². The molecule has 33 heavy (non-hydrogen) atoms. The average molecular weight is 464 g/mol. The lowest BCUT2D eigenvalue weighted by molar-refractivity contribution is -0.140. The van der Waals surface area contributed by atoms with Crippen LogP contribution in [0.2, 0.25) is 0 Å². The van der Waals surface area contributed by atoms with E-state index in [-0.39, 0.29) is 24.5 Å². The van der Waals surface area contributed by atoms with Crippen LogP contribution in [0.1, 0.15) is 29.0 Å². The Morgan fingerprint density at radius 3 is 2.33 bits per heavy atom. The Labute approximate surface area is 196 Å². The number of ketones is 1. The number of nitrogens with zero attached hydrogens (tertiary/aromatic N) is 1. The number of likely N-dealkylation sites (tertiary alicyclic amines) is 1. The van der Waals surface area contributed by atoms with Crippen LogP contribution in [0.5, 0.6) is 11.5 Å². The number of amides is 1. The monoisotopic (exact) mass is 463 g/mol. The SMILES string of the molecule is CCc1ccc(/C(O)=C2/C(=O)C(=O)N(CCOc3ccc(OC)cc3)C2c2cccs2)cc1. The molecule has 0 aliphatic carbocycles. The van der Waals surface area contributed by atoms with Crippen LogP contribution in [0.4, 0.5) is 0 Å². The summed E-state index contributed by atoms with van der Waals surface area (Å²) in [5.74, 6) is -0.130. The lowest BCUT2D eigenvalue weighted by Gasteiger charge is -2.24. The first-order valence-electron chi connectivity index (χ1n) is 10.7. The maximum absolute atomic E-state index is 13.0. The van der Waals surface area contributed by atoms with Gasteiger partial charge in [-0.05, 0) is 47.7 Å². The highest BCUT2D eigenvalue weighted by atomic mass is 32.1. The van der Waals surface area contributed by atoms with Gasteiger partial charge >= 0.3 is 0 Å². The molecule has 1 aliphatic rings. The molecule has 0 saturated carbocycles. The van der Waals surface area contributed by atoms with Gasteiger partial charge in [0.2, 0.25) is 0 Å². The van der Waals surface area contributed by atoms with E-state index in [1.807, 2.05) is 36.6 Å². The minimum absolute atomic E-state index is 0.108. The van der Waals surface area contributed by atoms with E-state index in [1.54, 1.807) is 43.5 Å². The lowest BCUT2D eigenvalue weighted by Crippen LogP contribution is -2.33. The molecule has 170 valence electrons. The normalized spacial score (nSPS) is 17.4. The number of hydrogen-bond acceptors (Lipinski definition) is 6. The van der Waals surface area contributed by atoms with E-state index in [9.17, 15) is 14.7 Å². The number of thiophene rings is 1. The number of rotatable bonds is 8. The standard InChI is InChI=1S/C26H25NO5S/c1-3-17-6-8-18(9-7-17)24(28)22-23(21-5-4-16-33-21)27(26(30)25(22)29)14-15-32-20-12-10-19(31-2)11-13-20/h4-13,16,23,28H,3,14-15H2,1-2H3/b24-22-. The third-order valence-corrected chi connectivity index (χ3v) is 6.57. The number of benzene rings is 2. The molecule has 4 rings (SSSR count). The summed E-state index contributed by atoms with van der Waals surface area (Å²) in [7, 11) is 1.59. The second-order valence-corrected chi connectivity index (χ2v) is 8.56. The fraction of sp³-hybridized carbons (Fsp3) is 0.231. The van der Waals surface area contributed by atoms with Gasteiger partial charge in [0, 0.05) is 10.4 Å².